The van der Waals surface area contributed by atoms with Crippen LogP contribution in [0.25, 0.3) is 5.57 Å². The van der Waals surface area contributed by atoms with E-state index in [-0.39, 0.29) is 11.3 Å². The van der Waals surface area contributed by atoms with Crippen molar-refractivity contribution in [2.24, 2.45) is 0 Å². The minimum Gasteiger partial charge on any atom is -0.497 e. The minimum atomic E-state index is -0.459. The van der Waals surface area contributed by atoms with Crippen LogP contribution in [0.5, 0.6) is 17.2 Å². The average molecular weight is 444 g/mol. The molecule has 7 nitrogen and oxygen atoms in total. The summed E-state index contributed by atoms with van der Waals surface area (Å²) in [7, 11) is 4.66. The van der Waals surface area contributed by atoms with E-state index in [1.54, 1.807) is 68.8 Å². The number of rotatable bonds is 7. The Morgan fingerprint density at radius 2 is 1.36 bits per heavy atom. The number of hydrogen-bond acceptors (Lipinski definition) is 6. The van der Waals surface area contributed by atoms with E-state index < -0.39 is 11.8 Å². The van der Waals surface area contributed by atoms with Crippen molar-refractivity contribution in [1.29, 1.82) is 0 Å². The summed E-state index contributed by atoms with van der Waals surface area (Å²) in [4.78, 5) is 28.3. The van der Waals surface area contributed by atoms with Gasteiger partial charge in [0, 0.05) is 6.07 Å². The molecule has 0 bridgehead atoms. The summed E-state index contributed by atoms with van der Waals surface area (Å²) >= 11 is 0. The lowest BCUT2D eigenvalue weighted by molar-refractivity contribution is -0.120. The summed E-state index contributed by atoms with van der Waals surface area (Å²) in [6, 6.07) is 19.4. The first-order valence-corrected chi connectivity index (χ1v) is 10.3. The number of carbonyl (C=O) groups excluding carboxylic acids is 2. The Balaban J connectivity index is 1.84. The van der Waals surface area contributed by atoms with Crippen LogP contribution in [-0.4, -0.2) is 33.1 Å². The molecule has 3 aromatic carbocycles. The molecule has 1 aliphatic heterocycles. The SMILES string of the molecule is COc1ccc(C2=C(Nc3cc(OC)ccc3OC)C(=O)N(c3ccc(C)cc3)C2=O)cc1. The second-order valence-corrected chi connectivity index (χ2v) is 7.45. The number of nitrogens with zero attached hydrogens (tertiary/aromatic N) is 1. The zero-order valence-corrected chi connectivity index (χ0v) is 18.8. The van der Waals surface area contributed by atoms with Crippen molar-refractivity contribution >= 4 is 28.8 Å². The van der Waals surface area contributed by atoms with Gasteiger partial charge >= 0.3 is 0 Å². The second kappa shape index (κ2) is 9.08. The average Bonchev–Trinajstić information content (AvgIpc) is 3.08. The van der Waals surface area contributed by atoms with E-state index in [0.717, 1.165) is 5.56 Å². The molecule has 0 aliphatic carbocycles. The van der Waals surface area contributed by atoms with Gasteiger partial charge in [0.15, 0.2) is 0 Å². The van der Waals surface area contributed by atoms with Crippen LogP contribution >= 0.6 is 0 Å². The standard InChI is InChI=1S/C26H24N2O5/c1-16-5-9-18(10-6-16)28-25(29)23(17-7-11-19(31-2)12-8-17)24(26(28)30)27-21-15-20(32-3)13-14-22(21)33-4/h5-15,27H,1-4H3. The molecule has 0 spiro atoms. The zero-order valence-electron chi connectivity index (χ0n) is 18.8. The predicted molar refractivity (Wildman–Crippen MR) is 127 cm³/mol. The molecule has 7 heteroatoms. The van der Waals surface area contributed by atoms with Crippen LogP contribution in [0.1, 0.15) is 11.1 Å². The van der Waals surface area contributed by atoms with Crippen LogP contribution in [-0.2, 0) is 9.59 Å². The Hall–Kier alpha value is -4.26. The van der Waals surface area contributed by atoms with E-state index in [9.17, 15) is 9.59 Å². The molecule has 168 valence electrons. The number of aryl methyl sites for hydroxylation is 1. The lowest BCUT2D eigenvalue weighted by Gasteiger charge is -2.16. The number of imide groups is 1. The molecule has 0 radical (unpaired) electrons. The normalized spacial score (nSPS) is 13.4. The summed E-state index contributed by atoms with van der Waals surface area (Å²) in [6.07, 6.45) is 0. The topological polar surface area (TPSA) is 77.1 Å². The van der Waals surface area contributed by atoms with E-state index in [4.69, 9.17) is 14.2 Å². The fourth-order valence-electron chi connectivity index (χ4n) is 3.65. The number of benzene rings is 3. The number of nitrogens with one attached hydrogen (secondary N) is 1. The van der Waals surface area contributed by atoms with Crippen LogP contribution in [0.15, 0.2) is 72.4 Å². The minimum absolute atomic E-state index is 0.150. The van der Waals surface area contributed by atoms with Crippen LogP contribution in [0, 0.1) is 6.92 Å². The first-order chi connectivity index (χ1) is 16.0. The van der Waals surface area contributed by atoms with E-state index in [2.05, 4.69) is 5.32 Å². The van der Waals surface area contributed by atoms with Crippen LogP contribution in [0.4, 0.5) is 11.4 Å². The fraction of sp³-hybridized carbons (Fsp3) is 0.154. The maximum absolute atomic E-state index is 13.6. The summed E-state index contributed by atoms with van der Waals surface area (Å²) in [6.45, 7) is 1.94. The highest BCUT2D eigenvalue weighted by molar-refractivity contribution is 6.46. The summed E-state index contributed by atoms with van der Waals surface area (Å²) in [5.74, 6) is 0.858. The van der Waals surface area contributed by atoms with Gasteiger partial charge in [0.1, 0.15) is 22.9 Å². The second-order valence-electron chi connectivity index (χ2n) is 7.45. The van der Waals surface area contributed by atoms with Crippen molar-refractivity contribution in [3.8, 4) is 17.2 Å². The Bertz CT molecular complexity index is 1230. The first-order valence-electron chi connectivity index (χ1n) is 10.3. The molecule has 0 saturated carbocycles. The highest BCUT2D eigenvalue weighted by atomic mass is 16.5. The van der Waals surface area contributed by atoms with E-state index >= 15 is 0 Å². The summed E-state index contributed by atoms with van der Waals surface area (Å²) in [5.41, 5.74) is 3.03. The quantitative estimate of drug-likeness (QED) is 0.544. The Labute approximate surface area is 192 Å². The molecule has 0 saturated heterocycles. The van der Waals surface area contributed by atoms with Gasteiger partial charge in [0.25, 0.3) is 11.8 Å². The number of methoxy groups -OCH3 is 3. The van der Waals surface area contributed by atoms with Crippen molar-refractivity contribution in [1.82, 2.24) is 0 Å². The molecular weight excluding hydrogens is 420 g/mol. The van der Waals surface area contributed by atoms with E-state index in [1.807, 2.05) is 19.1 Å². The summed E-state index contributed by atoms with van der Waals surface area (Å²) in [5, 5.41) is 3.13. The number of anilines is 2. The van der Waals surface area contributed by atoms with Crippen molar-refractivity contribution in [3.63, 3.8) is 0 Å². The lowest BCUT2D eigenvalue weighted by Crippen LogP contribution is -2.32. The smallest absolute Gasteiger partial charge is 0.282 e. The number of amides is 2. The van der Waals surface area contributed by atoms with Gasteiger partial charge in [-0.15, -0.1) is 0 Å². The molecule has 33 heavy (non-hydrogen) atoms. The zero-order chi connectivity index (χ0) is 23.5. The van der Waals surface area contributed by atoms with Crippen LogP contribution < -0.4 is 24.4 Å². The van der Waals surface area contributed by atoms with Gasteiger partial charge < -0.3 is 19.5 Å². The Kier molecular flexibility index (Phi) is 6.04. The van der Waals surface area contributed by atoms with Crippen molar-refractivity contribution < 1.29 is 23.8 Å². The number of hydrogen-bond donors (Lipinski definition) is 1. The number of ether oxygens (including phenoxy) is 3. The summed E-state index contributed by atoms with van der Waals surface area (Å²) < 4.78 is 16.0. The van der Waals surface area contributed by atoms with Crippen molar-refractivity contribution in [2.45, 2.75) is 6.92 Å². The molecule has 0 unspecified atom stereocenters. The van der Waals surface area contributed by atoms with Gasteiger partial charge in [-0.25, -0.2) is 4.90 Å². The monoisotopic (exact) mass is 444 g/mol. The van der Waals surface area contributed by atoms with Gasteiger partial charge in [-0.3, -0.25) is 9.59 Å². The molecule has 0 fully saturated rings. The molecule has 0 atom stereocenters. The van der Waals surface area contributed by atoms with Crippen molar-refractivity contribution in [3.05, 3.63) is 83.6 Å². The van der Waals surface area contributed by atoms with Gasteiger partial charge in [-0.05, 0) is 48.9 Å². The van der Waals surface area contributed by atoms with Gasteiger partial charge in [0.2, 0.25) is 0 Å². The molecular formula is C26H24N2O5. The van der Waals surface area contributed by atoms with E-state index in [1.165, 1.54) is 12.0 Å². The Morgan fingerprint density at radius 1 is 0.727 bits per heavy atom. The third-order valence-corrected chi connectivity index (χ3v) is 5.42. The molecule has 1 N–H and O–H groups in total. The highest BCUT2D eigenvalue weighted by Crippen LogP contribution is 2.37. The van der Waals surface area contributed by atoms with Crippen LogP contribution in [0.2, 0.25) is 0 Å². The third-order valence-electron chi connectivity index (χ3n) is 5.42. The molecule has 4 rings (SSSR count). The fourth-order valence-corrected chi connectivity index (χ4v) is 3.65. The molecule has 0 aromatic heterocycles. The van der Waals surface area contributed by atoms with E-state index in [0.29, 0.717) is 34.2 Å². The van der Waals surface area contributed by atoms with Gasteiger partial charge in [-0.1, -0.05) is 29.8 Å². The molecule has 3 aromatic rings. The molecule has 1 heterocycles. The maximum Gasteiger partial charge on any atom is 0.282 e. The largest absolute Gasteiger partial charge is 0.497 e. The predicted octanol–water partition coefficient (Wildman–Crippen LogP) is 4.42. The first kappa shape index (κ1) is 22.0. The lowest BCUT2D eigenvalue weighted by atomic mass is 10.0. The molecule has 1 aliphatic rings. The van der Waals surface area contributed by atoms with Crippen molar-refractivity contribution in [2.75, 3.05) is 31.5 Å². The number of carbonyl (C=O) groups is 2. The van der Waals surface area contributed by atoms with Crippen LogP contribution in [0.3, 0.4) is 0 Å². The third kappa shape index (κ3) is 4.13. The Morgan fingerprint density at radius 3 is 1.97 bits per heavy atom. The maximum atomic E-state index is 13.6. The highest BCUT2D eigenvalue weighted by Gasteiger charge is 2.40. The van der Waals surface area contributed by atoms with Gasteiger partial charge in [0.05, 0.1) is 38.3 Å². The molecule has 2 amide bonds. The van der Waals surface area contributed by atoms with Gasteiger partial charge in [-0.2, -0.15) is 0 Å².